The Balaban J connectivity index is 1.71. The molecule has 0 radical (unpaired) electrons. The van der Waals surface area contributed by atoms with Crippen LogP contribution in [0, 0.1) is 0 Å². The monoisotopic (exact) mass is 327 g/mol. The lowest BCUT2D eigenvalue weighted by Crippen LogP contribution is -2.35. The van der Waals surface area contributed by atoms with Crippen molar-refractivity contribution >= 4 is 33.3 Å². The topological polar surface area (TPSA) is 19.4 Å². The zero-order valence-electron chi connectivity index (χ0n) is 10.0. The van der Waals surface area contributed by atoms with E-state index < -0.39 is 0 Å². The number of aromatic nitrogens is 1. The molecule has 1 atom stereocenters. The van der Waals surface area contributed by atoms with E-state index in [-0.39, 0.29) is 0 Å². The summed E-state index contributed by atoms with van der Waals surface area (Å²) in [5, 5.41) is 0.671. The number of rotatable bonds is 2. The van der Waals surface area contributed by atoms with Gasteiger partial charge in [0.2, 0.25) is 0 Å². The molecule has 3 nitrogen and oxygen atoms in total. The van der Waals surface area contributed by atoms with Gasteiger partial charge < -0.3 is 4.90 Å². The first-order chi connectivity index (χ1) is 8.74. The van der Waals surface area contributed by atoms with E-state index in [9.17, 15) is 0 Å². The molecule has 3 heterocycles. The first kappa shape index (κ1) is 12.5. The molecular weight excluding hydrogens is 314 g/mol. The average Bonchev–Trinajstić information content (AvgIpc) is 2.99. The van der Waals surface area contributed by atoms with Crippen molar-refractivity contribution in [2.45, 2.75) is 12.5 Å². The SMILES string of the molecule is Clc1cnc(N2CCC(N3CC=CC3)C2)c(Br)c1. The maximum atomic E-state index is 5.93. The Bertz CT molecular complexity index is 469. The van der Waals surface area contributed by atoms with Crippen LogP contribution in [0.3, 0.4) is 0 Å². The van der Waals surface area contributed by atoms with Gasteiger partial charge >= 0.3 is 0 Å². The zero-order valence-corrected chi connectivity index (χ0v) is 12.4. The first-order valence-electron chi connectivity index (χ1n) is 6.19. The van der Waals surface area contributed by atoms with Crippen molar-refractivity contribution in [2.75, 3.05) is 31.1 Å². The van der Waals surface area contributed by atoms with E-state index in [1.807, 2.05) is 6.07 Å². The molecule has 0 bridgehead atoms. The fourth-order valence-corrected chi connectivity index (χ4v) is 3.55. The standard InChI is InChI=1S/C13H15BrClN3/c14-12-7-10(15)8-16-13(12)18-6-3-11(9-18)17-4-1-2-5-17/h1-2,7-8,11H,3-6,9H2. The summed E-state index contributed by atoms with van der Waals surface area (Å²) in [6, 6.07) is 2.55. The number of hydrogen-bond donors (Lipinski definition) is 0. The molecule has 0 aliphatic carbocycles. The zero-order chi connectivity index (χ0) is 12.5. The molecule has 0 N–H and O–H groups in total. The quantitative estimate of drug-likeness (QED) is 0.778. The summed E-state index contributed by atoms with van der Waals surface area (Å²) >= 11 is 9.47. The summed E-state index contributed by atoms with van der Waals surface area (Å²) < 4.78 is 0.982. The van der Waals surface area contributed by atoms with Crippen LogP contribution in [-0.4, -0.2) is 42.1 Å². The van der Waals surface area contributed by atoms with E-state index in [2.05, 4.69) is 42.9 Å². The summed E-state index contributed by atoms with van der Waals surface area (Å²) in [5.41, 5.74) is 0. The summed E-state index contributed by atoms with van der Waals surface area (Å²) in [6.45, 7) is 4.30. The minimum absolute atomic E-state index is 0.643. The molecule has 0 aromatic carbocycles. The molecular formula is C13H15BrClN3. The van der Waals surface area contributed by atoms with E-state index in [1.54, 1.807) is 6.20 Å². The highest BCUT2D eigenvalue weighted by Crippen LogP contribution is 2.30. The van der Waals surface area contributed by atoms with E-state index >= 15 is 0 Å². The molecule has 0 spiro atoms. The molecule has 18 heavy (non-hydrogen) atoms. The molecule has 1 unspecified atom stereocenters. The first-order valence-corrected chi connectivity index (χ1v) is 7.36. The highest BCUT2D eigenvalue weighted by Gasteiger charge is 2.29. The van der Waals surface area contributed by atoms with Crippen molar-refractivity contribution in [2.24, 2.45) is 0 Å². The lowest BCUT2D eigenvalue weighted by Gasteiger charge is -2.24. The Labute approximate surface area is 121 Å². The molecule has 2 aliphatic rings. The van der Waals surface area contributed by atoms with Gasteiger partial charge in [-0.2, -0.15) is 0 Å². The maximum absolute atomic E-state index is 5.93. The third kappa shape index (κ3) is 2.42. The molecule has 0 saturated carbocycles. The Morgan fingerprint density at radius 2 is 2.11 bits per heavy atom. The average molecular weight is 329 g/mol. The van der Waals surface area contributed by atoms with Crippen LogP contribution >= 0.6 is 27.5 Å². The predicted octanol–water partition coefficient (Wildman–Crippen LogP) is 2.95. The molecule has 0 amide bonds. The molecule has 1 saturated heterocycles. The minimum atomic E-state index is 0.643. The second kappa shape index (κ2) is 5.19. The van der Waals surface area contributed by atoms with Crippen molar-refractivity contribution in [3.63, 3.8) is 0 Å². The van der Waals surface area contributed by atoms with Crippen LogP contribution < -0.4 is 4.90 Å². The molecule has 3 rings (SSSR count). The van der Waals surface area contributed by atoms with Crippen LogP contribution in [0.25, 0.3) is 0 Å². The van der Waals surface area contributed by atoms with Gasteiger partial charge in [0.15, 0.2) is 0 Å². The molecule has 2 aliphatic heterocycles. The fourth-order valence-electron chi connectivity index (χ4n) is 2.66. The molecule has 1 fully saturated rings. The second-order valence-corrected chi connectivity index (χ2v) is 6.06. The van der Waals surface area contributed by atoms with Gasteiger partial charge in [0.05, 0.1) is 9.50 Å². The third-order valence-corrected chi connectivity index (χ3v) is 4.40. The lowest BCUT2D eigenvalue weighted by atomic mass is 10.2. The number of halogens is 2. The van der Waals surface area contributed by atoms with Crippen molar-refractivity contribution in [1.82, 2.24) is 9.88 Å². The Hall–Kier alpha value is -0.580. The van der Waals surface area contributed by atoms with Gasteiger partial charge in [0.25, 0.3) is 0 Å². The van der Waals surface area contributed by atoms with Crippen molar-refractivity contribution < 1.29 is 0 Å². The van der Waals surface area contributed by atoms with Crippen LogP contribution in [0.15, 0.2) is 28.9 Å². The van der Waals surface area contributed by atoms with Crippen molar-refractivity contribution in [3.05, 3.63) is 33.9 Å². The Morgan fingerprint density at radius 1 is 1.33 bits per heavy atom. The molecule has 1 aromatic rings. The van der Waals surface area contributed by atoms with Crippen LogP contribution in [-0.2, 0) is 0 Å². The largest absolute Gasteiger partial charge is 0.354 e. The highest BCUT2D eigenvalue weighted by molar-refractivity contribution is 9.10. The Morgan fingerprint density at radius 3 is 2.83 bits per heavy atom. The fraction of sp³-hybridized carbons (Fsp3) is 0.462. The van der Waals surface area contributed by atoms with Crippen molar-refractivity contribution in [3.8, 4) is 0 Å². The predicted molar refractivity (Wildman–Crippen MR) is 78.3 cm³/mol. The van der Waals surface area contributed by atoms with Gasteiger partial charge in [-0.3, -0.25) is 4.90 Å². The van der Waals surface area contributed by atoms with E-state index in [4.69, 9.17) is 11.6 Å². The van der Waals surface area contributed by atoms with Gasteiger partial charge in [-0.1, -0.05) is 23.8 Å². The normalized spacial score (nSPS) is 24.1. The summed E-state index contributed by atoms with van der Waals surface area (Å²) in [6.07, 6.45) is 7.42. The van der Waals surface area contributed by atoms with Crippen LogP contribution in [0.4, 0.5) is 5.82 Å². The van der Waals surface area contributed by atoms with Crippen molar-refractivity contribution in [1.29, 1.82) is 0 Å². The molecule has 1 aromatic heterocycles. The summed E-state index contributed by atoms with van der Waals surface area (Å²) in [4.78, 5) is 9.29. The Kier molecular flexibility index (Phi) is 3.59. The van der Waals surface area contributed by atoms with Crippen LogP contribution in [0.1, 0.15) is 6.42 Å². The van der Waals surface area contributed by atoms with Gasteiger partial charge in [0, 0.05) is 38.4 Å². The maximum Gasteiger partial charge on any atom is 0.143 e. The molecule has 96 valence electrons. The number of hydrogen-bond acceptors (Lipinski definition) is 3. The van der Waals surface area contributed by atoms with Crippen LogP contribution in [0.2, 0.25) is 5.02 Å². The van der Waals surface area contributed by atoms with E-state index in [1.165, 1.54) is 6.42 Å². The second-order valence-electron chi connectivity index (χ2n) is 4.77. The number of nitrogens with zero attached hydrogens (tertiary/aromatic N) is 3. The van der Waals surface area contributed by atoms with E-state index in [0.29, 0.717) is 11.1 Å². The molecule has 5 heteroatoms. The van der Waals surface area contributed by atoms with Gasteiger partial charge in [-0.25, -0.2) is 4.98 Å². The summed E-state index contributed by atoms with van der Waals surface area (Å²) in [7, 11) is 0. The van der Waals surface area contributed by atoms with Gasteiger partial charge in [-0.05, 0) is 28.4 Å². The number of anilines is 1. The van der Waals surface area contributed by atoms with E-state index in [0.717, 1.165) is 36.5 Å². The third-order valence-electron chi connectivity index (χ3n) is 3.61. The smallest absolute Gasteiger partial charge is 0.143 e. The summed E-state index contributed by atoms with van der Waals surface area (Å²) in [5.74, 6) is 1.01. The lowest BCUT2D eigenvalue weighted by molar-refractivity contribution is 0.271. The van der Waals surface area contributed by atoms with Gasteiger partial charge in [-0.15, -0.1) is 0 Å². The highest BCUT2D eigenvalue weighted by atomic mass is 79.9. The van der Waals surface area contributed by atoms with Crippen LogP contribution in [0.5, 0.6) is 0 Å². The van der Waals surface area contributed by atoms with Gasteiger partial charge in [0.1, 0.15) is 5.82 Å². The minimum Gasteiger partial charge on any atom is -0.354 e. The number of pyridine rings is 1.